The maximum Gasteiger partial charge on any atom is 0.232 e. The molecule has 1 amide bonds. The van der Waals surface area contributed by atoms with E-state index in [1.54, 1.807) is 0 Å². The van der Waals surface area contributed by atoms with Crippen LogP contribution in [0.4, 0.5) is 5.69 Å². The lowest BCUT2D eigenvalue weighted by atomic mass is 9.92. The van der Waals surface area contributed by atoms with Crippen molar-refractivity contribution in [3.05, 3.63) is 64.7 Å². The molecule has 1 aliphatic rings. The number of carbonyl (C=O) groups is 1. The molecule has 0 saturated heterocycles. The van der Waals surface area contributed by atoms with Crippen LogP contribution in [0, 0.1) is 6.92 Å². The molecule has 0 aliphatic carbocycles. The lowest BCUT2D eigenvalue weighted by Gasteiger charge is -2.10. The number of aryl methyl sites for hydroxylation is 2. The van der Waals surface area contributed by atoms with Crippen molar-refractivity contribution in [1.82, 2.24) is 0 Å². The fraction of sp³-hybridized carbons (Fsp3) is 0.278. The average Bonchev–Trinajstić information content (AvgIpc) is 2.78. The van der Waals surface area contributed by atoms with E-state index >= 15 is 0 Å². The summed E-state index contributed by atoms with van der Waals surface area (Å²) in [5, 5.41) is 3.02. The maximum absolute atomic E-state index is 12.2. The number of rotatable bonds is 3. The molecular weight excluding hydrogens is 246 g/mol. The van der Waals surface area contributed by atoms with Crippen molar-refractivity contribution in [2.45, 2.75) is 32.6 Å². The maximum atomic E-state index is 12.2. The van der Waals surface area contributed by atoms with E-state index in [-0.39, 0.29) is 11.8 Å². The smallest absolute Gasteiger partial charge is 0.232 e. The van der Waals surface area contributed by atoms with Gasteiger partial charge in [0.05, 0.1) is 5.92 Å². The van der Waals surface area contributed by atoms with Gasteiger partial charge in [-0.1, -0.05) is 49.4 Å². The highest BCUT2D eigenvalue weighted by molar-refractivity contribution is 6.03. The second-order valence-electron chi connectivity index (χ2n) is 5.46. The fourth-order valence-electron chi connectivity index (χ4n) is 2.85. The second kappa shape index (κ2) is 5.12. The van der Waals surface area contributed by atoms with Crippen LogP contribution in [0.1, 0.15) is 35.1 Å². The highest BCUT2D eigenvalue weighted by Crippen LogP contribution is 2.36. The molecule has 2 nitrogen and oxygen atoms in total. The zero-order chi connectivity index (χ0) is 14.1. The van der Waals surface area contributed by atoms with Crippen molar-refractivity contribution < 1.29 is 4.79 Å². The Hall–Kier alpha value is -2.09. The van der Waals surface area contributed by atoms with Gasteiger partial charge in [0, 0.05) is 5.69 Å². The normalized spacial score (nSPS) is 16.9. The molecule has 20 heavy (non-hydrogen) atoms. The van der Waals surface area contributed by atoms with Gasteiger partial charge in [0.2, 0.25) is 5.91 Å². The molecule has 0 aromatic heterocycles. The summed E-state index contributed by atoms with van der Waals surface area (Å²) < 4.78 is 0. The van der Waals surface area contributed by atoms with Crippen LogP contribution in [0.2, 0.25) is 0 Å². The Labute approximate surface area is 119 Å². The van der Waals surface area contributed by atoms with Crippen LogP contribution in [0.25, 0.3) is 0 Å². The van der Waals surface area contributed by atoms with Crippen molar-refractivity contribution >= 4 is 11.6 Å². The SMILES string of the molecule is CCc1ccc(CC2C(=O)Nc3c(C)cccc32)cc1. The van der Waals surface area contributed by atoms with Crippen LogP contribution in [0.3, 0.4) is 0 Å². The molecule has 1 aliphatic heterocycles. The predicted octanol–water partition coefficient (Wildman–Crippen LogP) is 3.84. The van der Waals surface area contributed by atoms with Crippen molar-refractivity contribution in [1.29, 1.82) is 0 Å². The number of benzene rings is 2. The van der Waals surface area contributed by atoms with E-state index in [1.165, 1.54) is 11.1 Å². The lowest BCUT2D eigenvalue weighted by molar-refractivity contribution is -0.117. The Morgan fingerprint density at radius 1 is 1.05 bits per heavy atom. The van der Waals surface area contributed by atoms with E-state index in [4.69, 9.17) is 0 Å². The summed E-state index contributed by atoms with van der Waals surface area (Å²) in [4.78, 5) is 12.2. The fourth-order valence-corrected chi connectivity index (χ4v) is 2.85. The number of hydrogen-bond donors (Lipinski definition) is 1. The molecule has 2 aromatic rings. The largest absolute Gasteiger partial charge is 0.325 e. The minimum atomic E-state index is -0.0580. The summed E-state index contributed by atoms with van der Waals surface area (Å²) >= 11 is 0. The van der Waals surface area contributed by atoms with Crippen LogP contribution >= 0.6 is 0 Å². The third-order valence-corrected chi connectivity index (χ3v) is 4.12. The first-order chi connectivity index (χ1) is 9.69. The number of nitrogens with one attached hydrogen (secondary N) is 1. The van der Waals surface area contributed by atoms with Crippen molar-refractivity contribution in [2.24, 2.45) is 0 Å². The summed E-state index contributed by atoms with van der Waals surface area (Å²) in [5.74, 6) is 0.0613. The van der Waals surface area contributed by atoms with E-state index < -0.39 is 0 Å². The van der Waals surface area contributed by atoms with Crippen molar-refractivity contribution in [3.63, 3.8) is 0 Å². The average molecular weight is 265 g/mol. The first kappa shape index (κ1) is 12.9. The van der Waals surface area contributed by atoms with Crippen molar-refractivity contribution in [3.8, 4) is 0 Å². The summed E-state index contributed by atoms with van der Waals surface area (Å²) in [7, 11) is 0. The quantitative estimate of drug-likeness (QED) is 0.897. The van der Waals surface area contributed by atoms with E-state index in [1.807, 2.05) is 19.1 Å². The van der Waals surface area contributed by atoms with Gasteiger partial charge in [-0.05, 0) is 42.0 Å². The van der Waals surface area contributed by atoms with E-state index in [9.17, 15) is 4.79 Å². The number of fused-ring (bicyclic) bond motifs is 1. The molecular formula is C18H19NO. The molecule has 0 fully saturated rings. The van der Waals surface area contributed by atoms with Gasteiger partial charge in [0.1, 0.15) is 0 Å². The lowest BCUT2D eigenvalue weighted by Crippen LogP contribution is -2.14. The molecule has 1 atom stereocenters. The number of para-hydroxylation sites is 1. The van der Waals surface area contributed by atoms with Gasteiger partial charge in [-0.2, -0.15) is 0 Å². The molecule has 1 N–H and O–H groups in total. The Morgan fingerprint density at radius 2 is 1.75 bits per heavy atom. The van der Waals surface area contributed by atoms with Gasteiger partial charge >= 0.3 is 0 Å². The van der Waals surface area contributed by atoms with Crippen LogP contribution in [0.5, 0.6) is 0 Å². The summed E-state index contributed by atoms with van der Waals surface area (Å²) in [6.07, 6.45) is 1.82. The number of carbonyl (C=O) groups excluding carboxylic acids is 1. The summed E-state index contributed by atoms with van der Waals surface area (Å²) in [6, 6.07) is 14.7. The highest BCUT2D eigenvalue weighted by atomic mass is 16.2. The zero-order valence-electron chi connectivity index (χ0n) is 11.9. The number of anilines is 1. The standard InChI is InChI=1S/C18H19NO/c1-3-13-7-9-14(10-8-13)11-16-15-6-4-5-12(2)17(15)19-18(16)20/h4-10,16H,3,11H2,1-2H3,(H,19,20). The van der Waals surface area contributed by atoms with Gasteiger partial charge < -0.3 is 5.32 Å². The Kier molecular flexibility index (Phi) is 3.31. The molecule has 0 saturated carbocycles. The molecule has 0 spiro atoms. The van der Waals surface area contributed by atoms with Crippen molar-refractivity contribution in [2.75, 3.05) is 5.32 Å². The number of amides is 1. The molecule has 1 unspecified atom stereocenters. The van der Waals surface area contributed by atoms with E-state index in [0.717, 1.165) is 29.7 Å². The van der Waals surface area contributed by atoms with Crippen LogP contribution in [-0.2, 0) is 17.6 Å². The van der Waals surface area contributed by atoms with Gasteiger partial charge in [-0.25, -0.2) is 0 Å². The summed E-state index contributed by atoms with van der Waals surface area (Å²) in [5.41, 5.74) is 5.83. The van der Waals surface area contributed by atoms with Gasteiger partial charge in [-0.15, -0.1) is 0 Å². The van der Waals surface area contributed by atoms with Gasteiger partial charge in [-0.3, -0.25) is 4.79 Å². The minimum Gasteiger partial charge on any atom is -0.325 e. The second-order valence-corrected chi connectivity index (χ2v) is 5.46. The third kappa shape index (κ3) is 2.22. The van der Waals surface area contributed by atoms with Crippen LogP contribution in [-0.4, -0.2) is 5.91 Å². The Bertz CT molecular complexity index is 643. The summed E-state index contributed by atoms with van der Waals surface area (Å²) in [6.45, 7) is 4.19. The molecule has 102 valence electrons. The molecule has 2 heteroatoms. The molecule has 0 radical (unpaired) electrons. The molecule has 1 heterocycles. The van der Waals surface area contributed by atoms with E-state index in [2.05, 4.69) is 42.6 Å². The third-order valence-electron chi connectivity index (χ3n) is 4.12. The minimum absolute atomic E-state index is 0.0580. The molecule has 3 rings (SSSR count). The monoisotopic (exact) mass is 265 g/mol. The van der Waals surface area contributed by atoms with Crippen LogP contribution < -0.4 is 5.32 Å². The Balaban J connectivity index is 1.88. The highest BCUT2D eigenvalue weighted by Gasteiger charge is 2.31. The predicted molar refractivity (Wildman–Crippen MR) is 82.1 cm³/mol. The van der Waals surface area contributed by atoms with Gasteiger partial charge in [0.25, 0.3) is 0 Å². The first-order valence-corrected chi connectivity index (χ1v) is 7.17. The van der Waals surface area contributed by atoms with Gasteiger partial charge in [0.15, 0.2) is 0 Å². The Morgan fingerprint density at radius 3 is 2.45 bits per heavy atom. The number of hydrogen-bond acceptors (Lipinski definition) is 1. The van der Waals surface area contributed by atoms with Crippen LogP contribution in [0.15, 0.2) is 42.5 Å². The topological polar surface area (TPSA) is 29.1 Å². The van der Waals surface area contributed by atoms with E-state index in [0.29, 0.717) is 0 Å². The molecule has 2 aromatic carbocycles. The first-order valence-electron chi connectivity index (χ1n) is 7.17. The molecule has 0 bridgehead atoms. The zero-order valence-corrected chi connectivity index (χ0v) is 11.9.